The van der Waals surface area contributed by atoms with Crippen LogP contribution in [0.1, 0.15) is 158 Å². The predicted molar refractivity (Wildman–Crippen MR) is 383 cm³/mol. The number of hydrogen-bond acceptors (Lipinski definition) is 3. The molecule has 0 bridgehead atoms. The summed E-state index contributed by atoms with van der Waals surface area (Å²) in [6.07, 6.45) is 0. The lowest BCUT2D eigenvalue weighted by atomic mass is 9.35. The van der Waals surface area contributed by atoms with Crippen molar-refractivity contribution >= 4 is 99.9 Å². The van der Waals surface area contributed by atoms with Gasteiger partial charge < -0.3 is 18.6 Å². The summed E-state index contributed by atoms with van der Waals surface area (Å²) in [5, 5.41) is 8.57. The van der Waals surface area contributed by atoms with E-state index in [0.717, 1.165) is 88.3 Å². The van der Waals surface area contributed by atoms with E-state index in [2.05, 4.69) is 308 Å². The maximum atomic E-state index is 7.24. The molecule has 9 aromatic carbocycles. The highest BCUT2D eigenvalue weighted by Crippen LogP contribution is 2.54. The third kappa shape index (κ3) is 8.97. The molecule has 13 aromatic rings. The number of hydrogen-bond donors (Lipinski definition) is 0. The van der Waals surface area contributed by atoms with Crippen LogP contribution in [0.25, 0.3) is 92.2 Å². The zero-order valence-electron chi connectivity index (χ0n) is 55.3. The molecule has 89 heavy (non-hydrogen) atoms. The fraction of sp³-hybridized carbons (Fsp3) is 0.293. The van der Waals surface area contributed by atoms with Gasteiger partial charge in [0.2, 0.25) is 0 Å². The highest BCUT2D eigenvalue weighted by Gasteiger charge is 2.42. The van der Waals surface area contributed by atoms with E-state index >= 15 is 0 Å². The van der Waals surface area contributed by atoms with Crippen molar-refractivity contribution in [1.29, 1.82) is 0 Å². The highest BCUT2D eigenvalue weighted by atomic mass is 32.1. The average Bonchev–Trinajstić information content (AvgIpc) is 1.69. The molecule has 0 atom stereocenters. The highest BCUT2D eigenvalue weighted by molar-refractivity contribution is 7.19. The van der Waals surface area contributed by atoms with Crippen molar-refractivity contribution in [2.45, 2.75) is 157 Å². The molecule has 0 radical (unpaired) electrons. The number of nitrogens with zero attached hydrogens (tertiary/aromatic N) is 3. The normalized spacial score (nSPS) is 13.9. The first-order valence-electron chi connectivity index (χ1n) is 32.1. The summed E-state index contributed by atoms with van der Waals surface area (Å²) in [4.78, 5) is 1.11. The molecule has 0 saturated heterocycles. The van der Waals surface area contributed by atoms with Crippen LogP contribution in [0.5, 0.6) is 23.0 Å². The smallest absolute Gasteiger partial charge is 0.260 e. The second kappa shape index (κ2) is 19.1. The Hall–Kier alpha value is -8.26. The van der Waals surface area contributed by atoms with Gasteiger partial charge in [0.05, 0.1) is 43.7 Å². The predicted octanol–water partition coefficient (Wildman–Crippen LogP) is 21.2. The summed E-state index contributed by atoms with van der Waals surface area (Å²) >= 11 is 1.88. The Morgan fingerprint density at radius 3 is 0.888 bits per heavy atom. The molecule has 15 rings (SSSR count). The molecule has 0 N–H and O–H groups in total. The Kier molecular flexibility index (Phi) is 12.3. The van der Waals surface area contributed by atoms with Crippen LogP contribution in [0.4, 0.5) is 0 Å². The van der Waals surface area contributed by atoms with E-state index in [-0.39, 0.29) is 39.2 Å². The minimum absolute atomic E-state index is 0.0635. The molecule has 446 valence electrons. The first-order chi connectivity index (χ1) is 41.9. The van der Waals surface area contributed by atoms with Crippen molar-refractivity contribution in [2.24, 2.45) is 0 Å². The fourth-order valence-electron chi connectivity index (χ4n) is 14.3. The zero-order valence-corrected chi connectivity index (χ0v) is 56.1. The van der Waals surface area contributed by atoms with Crippen LogP contribution < -0.4 is 25.9 Å². The second-order valence-electron chi connectivity index (χ2n) is 31.9. The van der Waals surface area contributed by atoms with Crippen molar-refractivity contribution in [3.63, 3.8) is 0 Å². The Balaban J connectivity index is 1.18. The van der Waals surface area contributed by atoms with Crippen molar-refractivity contribution in [3.8, 4) is 49.8 Å². The van der Waals surface area contributed by atoms with Gasteiger partial charge in [-0.05, 0) is 174 Å². The van der Waals surface area contributed by atoms with Crippen LogP contribution in [0.2, 0.25) is 0 Å². The Bertz CT molecular complexity index is 4860. The van der Waals surface area contributed by atoms with E-state index in [1.54, 1.807) is 0 Å². The molecule has 4 aromatic heterocycles. The van der Waals surface area contributed by atoms with Gasteiger partial charge in [0, 0.05) is 43.3 Å². The van der Waals surface area contributed by atoms with E-state index in [4.69, 9.17) is 9.47 Å². The summed E-state index contributed by atoms with van der Waals surface area (Å²) in [7, 11) is 0. The van der Waals surface area contributed by atoms with Crippen LogP contribution in [-0.4, -0.2) is 20.4 Å². The lowest BCUT2D eigenvalue weighted by Gasteiger charge is -2.33. The van der Waals surface area contributed by atoms with Gasteiger partial charge in [0.25, 0.3) is 6.71 Å². The van der Waals surface area contributed by atoms with Gasteiger partial charge in [-0.3, -0.25) is 4.57 Å². The van der Waals surface area contributed by atoms with E-state index < -0.39 is 0 Å². The van der Waals surface area contributed by atoms with Crippen molar-refractivity contribution in [2.75, 3.05) is 0 Å². The van der Waals surface area contributed by atoms with E-state index in [0.29, 0.717) is 0 Å². The van der Waals surface area contributed by atoms with Gasteiger partial charge in [0.15, 0.2) is 0 Å². The molecular formula is C82H82BN3O2S. The molecule has 2 aliphatic rings. The number of para-hydroxylation sites is 2. The maximum Gasteiger partial charge on any atom is 0.260 e. The van der Waals surface area contributed by atoms with Crippen LogP contribution in [0, 0.1) is 0 Å². The average molecular weight is 1180 g/mol. The van der Waals surface area contributed by atoms with Crippen molar-refractivity contribution in [3.05, 3.63) is 203 Å². The van der Waals surface area contributed by atoms with Crippen LogP contribution >= 0.6 is 11.3 Å². The molecule has 0 unspecified atom stereocenters. The summed E-state index contributed by atoms with van der Waals surface area (Å²) in [5.74, 6) is 3.36. The Labute approximate surface area is 530 Å². The van der Waals surface area contributed by atoms with Gasteiger partial charge in [-0.2, -0.15) is 0 Å². The second-order valence-corrected chi connectivity index (χ2v) is 32.9. The minimum atomic E-state index is -0.0905. The SMILES string of the molecule is CC(C)(C)c1ccc2c(c1)c1cc(C(C)(C)C)ccc1n2-c1sc(-c2cc3c4c(c2)Oc2ccccc2B4c2ccccc2O3)c(-n2c3ccc(C(C)(C)C)cc3c3cc(C(C)(C)C)ccc32)c1-n1c2ccc(C(C)(C)C)cc2c2cc(C(C)(C)C)ccc21. The summed E-state index contributed by atoms with van der Waals surface area (Å²) in [6.45, 7) is 42.0. The number of thiophene rings is 1. The van der Waals surface area contributed by atoms with Crippen molar-refractivity contribution < 1.29 is 9.47 Å². The number of ether oxygens (including phenoxy) is 2. The monoisotopic (exact) mass is 1180 g/mol. The fourth-order valence-corrected chi connectivity index (χ4v) is 15.5. The summed E-state index contributed by atoms with van der Waals surface area (Å²) in [6, 6.07) is 65.5. The maximum absolute atomic E-state index is 7.24. The first-order valence-corrected chi connectivity index (χ1v) is 32.9. The largest absolute Gasteiger partial charge is 0.458 e. The summed E-state index contributed by atoms with van der Waals surface area (Å²) in [5.41, 5.74) is 20.8. The molecular weight excluding hydrogens is 1100 g/mol. The molecule has 0 amide bonds. The lowest BCUT2D eigenvalue weighted by molar-refractivity contribution is 0.465. The van der Waals surface area contributed by atoms with Crippen LogP contribution in [-0.2, 0) is 32.5 Å². The van der Waals surface area contributed by atoms with E-state index in [9.17, 15) is 0 Å². The standard InChI is InChI=1S/C82H82BN3O2S/c1-77(2,3)48-27-33-62-54(41-48)55-42-49(78(4,5)6)28-34-63(55)84(62)73-74(85-64-35-29-50(79(7,8)9)43-56(64)57-44-51(80(10,11)12)30-36-65(57)85)76(86-66-37-31-52(81(13,14)15)45-58(66)59-46-53(82(16,17)18)32-38-67(59)86)89-75(73)47-39-70-72-71(40-47)88-69-26-22-20-24-61(69)83(72)60-23-19-21-25-68(60)87-70/h19-46H,1-18H3. The van der Waals surface area contributed by atoms with Gasteiger partial charge in [-0.1, -0.05) is 197 Å². The third-order valence-corrected chi connectivity index (χ3v) is 20.7. The Morgan fingerprint density at radius 2 is 0.584 bits per heavy atom. The summed E-state index contributed by atoms with van der Waals surface area (Å²) < 4.78 is 22.4. The van der Waals surface area contributed by atoms with Gasteiger partial charge >= 0.3 is 0 Å². The molecule has 2 aliphatic heterocycles. The quantitative estimate of drug-likeness (QED) is 0.165. The molecule has 5 nitrogen and oxygen atoms in total. The van der Waals surface area contributed by atoms with Crippen LogP contribution in [0.15, 0.2) is 170 Å². The topological polar surface area (TPSA) is 33.2 Å². The van der Waals surface area contributed by atoms with Crippen LogP contribution in [0.3, 0.4) is 0 Å². The Morgan fingerprint density at radius 1 is 0.303 bits per heavy atom. The molecule has 0 saturated carbocycles. The first kappa shape index (κ1) is 57.2. The number of rotatable bonds is 4. The minimum Gasteiger partial charge on any atom is -0.458 e. The number of benzene rings is 9. The van der Waals surface area contributed by atoms with Gasteiger partial charge in [-0.15, -0.1) is 11.3 Å². The molecule has 0 aliphatic carbocycles. The molecule has 0 spiro atoms. The molecule has 7 heteroatoms. The van der Waals surface area contributed by atoms with E-state index in [1.165, 1.54) is 76.7 Å². The van der Waals surface area contributed by atoms with Crippen molar-refractivity contribution in [1.82, 2.24) is 13.7 Å². The third-order valence-electron chi connectivity index (χ3n) is 19.5. The van der Waals surface area contributed by atoms with Gasteiger partial charge in [0.1, 0.15) is 33.7 Å². The van der Waals surface area contributed by atoms with Gasteiger partial charge in [-0.25, -0.2) is 0 Å². The van der Waals surface area contributed by atoms with E-state index in [1.807, 2.05) is 11.3 Å². The lowest BCUT2D eigenvalue weighted by Crippen LogP contribution is -2.57. The number of fused-ring (bicyclic) bond motifs is 13. The molecule has 6 heterocycles. The zero-order chi connectivity index (χ0) is 62.6. The molecule has 0 fully saturated rings. The number of aromatic nitrogens is 3.